The predicted molar refractivity (Wildman–Crippen MR) is 272 cm³/mol. The molecule has 0 aromatic heterocycles. The minimum Gasteiger partial charge on any atom is -0.387 e. The van der Waals surface area contributed by atoms with Gasteiger partial charge < -0.3 is 19.8 Å². The average molecular weight is 910 g/mol. The Labute approximate surface area is 391 Å². The maximum Gasteiger partial charge on any atom is 0.472 e. The molecule has 63 heavy (non-hydrogen) atoms. The average Bonchev–Trinajstić information content (AvgIpc) is 3.24. The van der Waals surface area contributed by atoms with E-state index in [1.165, 1.54) is 186 Å². The first kappa shape index (κ1) is 61.7. The largest absolute Gasteiger partial charge is 0.472 e. The van der Waals surface area contributed by atoms with Gasteiger partial charge in [-0.2, -0.15) is 0 Å². The summed E-state index contributed by atoms with van der Waals surface area (Å²) in [7, 11) is 1.58. The molecule has 372 valence electrons. The van der Waals surface area contributed by atoms with E-state index in [0.29, 0.717) is 17.4 Å². The Kier molecular flexibility index (Phi) is 44.9. The number of nitrogens with zero attached hydrogens (tertiary/aromatic N) is 1. The molecule has 0 rings (SSSR count). The number of hydrogen-bond donors (Lipinski definition) is 3. The number of phosphoric ester groups is 1. The molecular formula is C54H106N2O6P+. The molecule has 0 aliphatic carbocycles. The molecule has 0 spiro atoms. The summed E-state index contributed by atoms with van der Waals surface area (Å²) in [6.07, 6.45) is 58.0. The van der Waals surface area contributed by atoms with Crippen LogP contribution < -0.4 is 5.32 Å². The smallest absolute Gasteiger partial charge is 0.387 e. The number of amides is 1. The summed E-state index contributed by atoms with van der Waals surface area (Å²) >= 11 is 0. The van der Waals surface area contributed by atoms with Gasteiger partial charge in [-0.15, -0.1) is 0 Å². The Morgan fingerprint density at radius 3 is 1.30 bits per heavy atom. The maximum atomic E-state index is 12.9. The lowest BCUT2D eigenvalue weighted by molar-refractivity contribution is -0.870. The van der Waals surface area contributed by atoms with Crippen LogP contribution in [0.25, 0.3) is 0 Å². The highest BCUT2D eigenvalue weighted by atomic mass is 31.2. The Bertz CT molecular complexity index is 1120. The van der Waals surface area contributed by atoms with Crippen LogP contribution in [0.4, 0.5) is 0 Å². The summed E-state index contributed by atoms with van der Waals surface area (Å²) in [6.45, 7) is 4.82. The van der Waals surface area contributed by atoms with Crippen LogP contribution >= 0.6 is 7.82 Å². The number of hydrogen-bond acceptors (Lipinski definition) is 5. The lowest BCUT2D eigenvalue weighted by Crippen LogP contribution is -2.45. The summed E-state index contributed by atoms with van der Waals surface area (Å²) in [5, 5.41) is 13.9. The monoisotopic (exact) mass is 910 g/mol. The second-order valence-electron chi connectivity index (χ2n) is 19.6. The summed E-state index contributed by atoms with van der Waals surface area (Å²) in [6, 6.07) is -0.844. The first-order valence-corrected chi connectivity index (χ1v) is 28.4. The summed E-state index contributed by atoms with van der Waals surface area (Å²) in [5.74, 6) is -0.176. The van der Waals surface area contributed by atoms with Crippen molar-refractivity contribution in [3.05, 3.63) is 36.5 Å². The molecule has 0 heterocycles. The lowest BCUT2D eigenvalue weighted by atomic mass is 10.0. The molecule has 3 N–H and O–H groups in total. The van der Waals surface area contributed by atoms with Gasteiger partial charge in [0.25, 0.3) is 0 Å². The second-order valence-corrected chi connectivity index (χ2v) is 21.1. The number of carbonyl (C=O) groups excluding carboxylic acids is 1. The van der Waals surface area contributed by atoms with E-state index in [0.717, 1.165) is 44.9 Å². The number of rotatable bonds is 49. The molecule has 0 aliphatic rings. The van der Waals surface area contributed by atoms with Crippen LogP contribution in [0.1, 0.15) is 251 Å². The van der Waals surface area contributed by atoms with Crippen molar-refractivity contribution in [2.45, 2.75) is 264 Å². The number of unbranched alkanes of at least 4 members (excludes halogenated alkanes) is 32. The van der Waals surface area contributed by atoms with Crippen molar-refractivity contribution in [3.8, 4) is 0 Å². The predicted octanol–water partition coefficient (Wildman–Crippen LogP) is 15.8. The van der Waals surface area contributed by atoms with Crippen molar-refractivity contribution in [3.63, 3.8) is 0 Å². The fourth-order valence-electron chi connectivity index (χ4n) is 7.84. The Morgan fingerprint density at radius 2 is 0.905 bits per heavy atom. The van der Waals surface area contributed by atoms with Crippen molar-refractivity contribution in [1.82, 2.24) is 5.32 Å². The molecule has 0 aliphatic heterocycles. The molecule has 8 nitrogen and oxygen atoms in total. The van der Waals surface area contributed by atoms with Crippen molar-refractivity contribution >= 4 is 13.7 Å². The van der Waals surface area contributed by atoms with Crippen LogP contribution in [-0.4, -0.2) is 73.4 Å². The van der Waals surface area contributed by atoms with Gasteiger partial charge in [-0.05, 0) is 51.4 Å². The molecule has 0 radical (unpaired) electrons. The van der Waals surface area contributed by atoms with E-state index < -0.39 is 20.0 Å². The zero-order chi connectivity index (χ0) is 46.4. The van der Waals surface area contributed by atoms with E-state index in [4.69, 9.17) is 9.05 Å². The summed E-state index contributed by atoms with van der Waals surface area (Å²) < 4.78 is 23.6. The Morgan fingerprint density at radius 1 is 0.540 bits per heavy atom. The molecule has 0 bridgehead atoms. The third-order valence-corrected chi connectivity index (χ3v) is 13.1. The molecule has 0 aromatic rings. The van der Waals surface area contributed by atoms with Gasteiger partial charge in [0.1, 0.15) is 13.2 Å². The lowest BCUT2D eigenvalue weighted by Gasteiger charge is -2.25. The zero-order valence-corrected chi connectivity index (χ0v) is 43.2. The van der Waals surface area contributed by atoms with Gasteiger partial charge in [0, 0.05) is 6.42 Å². The molecule has 3 atom stereocenters. The van der Waals surface area contributed by atoms with Gasteiger partial charge in [0.15, 0.2) is 0 Å². The third-order valence-electron chi connectivity index (χ3n) is 12.1. The fourth-order valence-corrected chi connectivity index (χ4v) is 8.57. The van der Waals surface area contributed by atoms with E-state index in [1.54, 1.807) is 6.08 Å². The fraction of sp³-hybridized carbons (Fsp3) is 0.870. The summed E-state index contributed by atoms with van der Waals surface area (Å²) in [4.78, 5) is 23.2. The van der Waals surface area contributed by atoms with Crippen LogP contribution in [0.15, 0.2) is 36.5 Å². The van der Waals surface area contributed by atoms with Crippen LogP contribution in [0.3, 0.4) is 0 Å². The highest BCUT2D eigenvalue weighted by Crippen LogP contribution is 2.43. The molecular weight excluding hydrogens is 804 g/mol. The first-order chi connectivity index (χ1) is 30.5. The number of carbonyl (C=O) groups is 1. The van der Waals surface area contributed by atoms with Crippen molar-refractivity contribution in [2.24, 2.45) is 0 Å². The van der Waals surface area contributed by atoms with E-state index in [-0.39, 0.29) is 19.1 Å². The minimum absolute atomic E-state index is 0.0623. The standard InChI is InChI=1S/C54H105N2O6P/c1-6-8-10-12-14-16-18-20-22-23-24-25-26-27-28-29-30-31-32-33-34-36-38-40-42-44-46-48-54(58)55-52(51-62-63(59,60)61-50-49-56(3,4)5)53(57)47-45-43-41-39-37-35-21-19-17-15-13-11-9-7-2/h18,20,23-24,45,47,52-53,57H,6-17,19,21-22,25-44,46,48-51H2,1-5H3,(H-,55,58,59,60)/p+1/b20-18-,24-23-,47-45+. The van der Waals surface area contributed by atoms with E-state index in [2.05, 4.69) is 43.5 Å². The van der Waals surface area contributed by atoms with E-state index in [9.17, 15) is 19.4 Å². The SMILES string of the molecule is CCCCCCC/C=C\C/C=C\CCCCCCCCCCCCCCCCCC(=O)NC(COP(=O)(O)OCC[N+](C)(C)C)C(O)/C=C/CCCCCCCCCCCCCC. The normalized spacial score (nSPS) is 14.3. The number of aliphatic hydroxyl groups is 1. The number of aliphatic hydroxyl groups excluding tert-OH is 1. The molecule has 0 saturated carbocycles. The second kappa shape index (κ2) is 45.9. The summed E-state index contributed by atoms with van der Waals surface area (Å²) in [5.41, 5.74) is 0. The van der Waals surface area contributed by atoms with Gasteiger partial charge in [-0.3, -0.25) is 13.8 Å². The number of allylic oxidation sites excluding steroid dienone is 5. The van der Waals surface area contributed by atoms with Gasteiger partial charge in [-0.25, -0.2) is 4.57 Å². The van der Waals surface area contributed by atoms with E-state index >= 15 is 0 Å². The van der Waals surface area contributed by atoms with Crippen molar-refractivity contribution < 1.29 is 32.9 Å². The Balaban J connectivity index is 4.15. The molecule has 0 saturated heterocycles. The van der Waals surface area contributed by atoms with Gasteiger partial charge in [0.05, 0.1) is 39.9 Å². The highest BCUT2D eigenvalue weighted by Gasteiger charge is 2.27. The topological polar surface area (TPSA) is 105 Å². The van der Waals surface area contributed by atoms with Crippen molar-refractivity contribution in [1.29, 1.82) is 0 Å². The maximum absolute atomic E-state index is 12.9. The molecule has 0 fully saturated rings. The van der Waals surface area contributed by atoms with Crippen LogP contribution in [0, 0.1) is 0 Å². The molecule has 3 unspecified atom stereocenters. The minimum atomic E-state index is -4.34. The number of phosphoric acid groups is 1. The Hall–Kier alpha value is -1.28. The first-order valence-electron chi connectivity index (χ1n) is 26.9. The quantitative estimate of drug-likeness (QED) is 0.0243. The van der Waals surface area contributed by atoms with Crippen LogP contribution in [-0.2, 0) is 18.4 Å². The highest BCUT2D eigenvalue weighted by molar-refractivity contribution is 7.47. The number of quaternary nitrogens is 1. The van der Waals surface area contributed by atoms with E-state index in [1.807, 2.05) is 27.2 Å². The third kappa shape index (κ3) is 48.5. The van der Waals surface area contributed by atoms with Crippen molar-refractivity contribution in [2.75, 3.05) is 40.9 Å². The van der Waals surface area contributed by atoms with Gasteiger partial charge in [0.2, 0.25) is 5.91 Å². The van der Waals surface area contributed by atoms with Gasteiger partial charge >= 0.3 is 7.82 Å². The number of likely N-dealkylation sites (N-methyl/N-ethyl adjacent to an activating group) is 1. The molecule has 9 heteroatoms. The number of nitrogens with one attached hydrogen (secondary N) is 1. The molecule has 1 amide bonds. The zero-order valence-electron chi connectivity index (χ0n) is 42.3. The van der Waals surface area contributed by atoms with Crippen LogP contribution in [0.5, 0.6) is 0 Å². The van der Waals surface area contributed by atoms with Gasteiger partial charge in [-0.1, -0.05) is 230 Å². The van der Waals surface area contributed by atoms with Crippen LogP contribution in [0.2, 0.25) is 0 Å². The molecule has 0 aromatic carbocycles.